The molecule has 9 heteroatoms. The van der Waals surface area contributed by atoms with Crippen molar-refractivity contribution in [3.05, 3.63) is 63.4 Å². The van der Waals surface area contributed by atoms with Crippen LogP contribution >= 0.6 is 34.8 Å². The first-order chi connectivity index (χ1) is 13.5. The zero-order valence-corrected chi connectivity index (χ0v) is 17.2. The molecule has 0 bridgehead atoms. The predicted octanol–water partition coefficient (Wildman–Crippen LogP) is 5.16. The van der Waals surface area contributed by atoms with Gasteiger partial charge in [-0.25, -0.2) is 0 Å². The summed E-state index contributed by atoms with van der Waals surface area (Å²) in [4.78, 5) is 14.2. The molecule has 3 aromatic rings. The van der Waals surface area contributed by atoms with Gasteiger partial charge in [0.25, 0.3) is 0 Å². The SMILES string of the molecule is CCN(CC(=O)Nc1c(Cl)cccc1Cl)Cc1nnc(-c2ccc(Cl)cc2)o1. The van der Waals surface area contributed by atoms with E-state index in [-0.39, 0.29) is 12.5 Å². The van der Waals surface area contributed by atoms with E-state index in [2.05, 4.69) is 15.5 Å². The summed E-state index contributed by atoms with van der Waals surface area (Å²) in [5.74, 6) is 0.569. The standard InChI is InChI=1S/C19H17Cl3N4O2/c1-2-26(10-16(27)23-18-14(21)4-3-5-15(18)22)11-17-24-25-19(28-17)12-6-8-13(20)9-7-12/h3-9H,2,10-11H2,1H3,(H,23,27). The van der Waals surface area contributed by atoms with Crippen LogP contribution in [0.5, 0.6) is 0 Å². The quantitative estimate of drug-likeness (QED) is 0.551. The molecule has 0 atom stereocenters. The van der Waals surface area contributed by atoms with Gasteiger partial charge in [0, 0.05) is 10.6 Å². The van der Waals surface area contributed by atoms with Crippen LogP contribution in [0.4, 0.5) is 5.69 Å². The molecule has 146 valence electrons. The molecular formula is C19H17Cl3N4O2. The van der Waals surface area contributed by atoms with Crippen LogP contribution in [-0.2, 0) is 11.3 Å². The molecule has 0 radical (unpaired) electrons. The van der Waals surface area contributed by atoms with Crippen LogP contribution in [0.2, 0.25) is 15.1 Å². The molecule has 0 fully saturated rings. The van der Waals surface area contributed by atoms with Crippen molar-refractivity contribution in [3.8, 4) is 11.5 Å². The van der Waals surface area contributed by atoms with Crippen molar-refractivity contribution >= 4 is 46.4 Å². The Morgan fingerprint density at radius 3 is 2.39 bits per heavy atom. The molecule has 6 nitrogen and oxygen atoms in total. The number of likely N-dealkylation sites (N-methyl/N-ethyl adjacent to an activating group) is 1. The molecule has 1 aromatic heterocycles. The number of hydrogen-bond donors (Lipinski definition) is 1. The van der Waals surface area contributed by atoms with Gasteiger partial charge in [-0.2, -0.15) is 0 Å². The highest BCUT2D eigenvalue weighted by molar-refractivity contribution is 6.39. The highest BCUT2D eigenvalue weighted by Gasteiger charge is 2.16. The molecule has 0 aliphatic rings. The minimum absolute atomic E-state index is 0.122. The molecule has 1 N–H and O–H groups in total. The van der Waals surface area contributed by atoms with E-state index in [1.54, 1.807) is 42.5 Å². The molecule has 0 saturated carbocycles. The zero-order chi connectivity index (χ0) is 20.1. The summed E-state index contributed by atoms with van der Waals surface area (Å²) in [6.45, 7) is 3.01. The van der Waals surface area contributed by atoms with Gasteiger partial charge < -0.3 is 9.73 Å². The number of rotatable bonds is 7. The van der Waals surface area contributed by atoms with Crippen LogP contribution in [0, 0.1) is 0 Å². The lowest BCUT2D eigenvalue weighted by Gasteiger charge is -2.18. The average molecular weight is 440 g/mol. The topological polar surface area (TPSA) is 71.3 Å². The third kappa shape index (κ3) is 5.23. The van der Waals surface area contributed by atoms with Crippen molar-refractivity contribution in [2.45, 2.75) is 13.5 Å². The van der Waals surface area contributed by atoms with Gasteiger partial charge in [-0.05, 0) is 42.9 Å². The lowest BCUT2D eigenvalue weighted by atomic mass is 10.2. The summed E-state index contributed by atoms with van der Waals surface area (Å²) < 4.78 is 5.70. The molecule has 0 aliphatic heterocycles. The number of benzene rings is 2. The van der Waals surface area contributed by atoms with Gasteiger partial charge in [0.2, 0.25) is 17.7 Å². The summed E-state index contributed by atoms with van der Waals surface area (Å²) in [5.41, 5.74) is 1.17. The number of carbonyl (C=O) groups is 1. The summed E-state index contributed by atoms with van der Waals surface area (Å²) in [6, 6.07) is 12.2. The maximum absolute atomic E-state index is 12.4. The number of aromatic nitrogens is 2. The largest absolute Gasteiger partial charge is 0.419 e. The molecule has 2 aromatic carbocycles. The average Bonchev–Trinajstić information content (AvgIpc) is 3.13. The van der Waals surface area contributed by atoms with Crippen LogP contribution < -0.4 is 5.32 Å². The third-order valence-electron chi connectivity index (χ3n) is 3.96. The van der Waals surface area contributed by atoms with Gasteiger partial charge in [-0.3, -0.25) is 9.69 Å². The summed E-state index contributed by atoms with van der Waals surface area (Å²) in [6.07, 6.45) is 0. The Morgan fingerprint density at radius 2 is 1.75 bits per heavy atom. The van der Waals surface area contributed by atoms with Crippen molar-refractivity contribution < 1.29 is 9.21 Å². The van der Waals surface area contributed by atoms with Crippen LogP contribution in [0.1, 0.15) is 12.8 Å². The second kappa shape index (κ2) is 9.39. The lowest BCUT2D eigenvalue weighted by Crippen LogP contribution is -2.33. The Hall–Kier alpha value is -2.12. The lowest BCUT2D eigenvalue weighted by molar-refractivity contribution is -0.117. The van der Waals surface area contributed by atoms with Gasteiger partial charge in [0.15, 0.2) is 0 Å². The fraction of sp³-hybridized carbons (Fsp3) is 0.211. The maximum Gasteiger partial charge on any atom is 0.247 e. The number of carbonyl (C=O) groups excluding carboxylic acids is 1. The van der Waals surface area contributed by atoms with Crippen molar-refractivity contribution in [1.82, 2.24) is 15.1 Å². The van der Waals surface area contributed by atoms with Crippen molar-refractivity contribution in [2.24, 2.45) is 0 Å². The van der Waals surface area contributed by atoms with E-state index in [0.717, 1.165) is 5.56 Å². The number of halogens is 3. The number of nitrogens with one attached hydrogen (secondary N) is 1. The highest BCUT2D eigenvalue weighted by Crippen LogP contribution is 2.29. The van der Waals surface area contributed by atoms with Crippen LogP contribution in [0.25, 0.3) is 11.5 Å². The first kappa shape index (κ1) is 20.6. The Bertz CT molecular complexity index is 940. The van der Waals surface area contributed by atoms with Gasteiger partial charge in [0.05, 0.1) is 28.8 Å². The number of para-hydroxylation sites is 1. The number of hydrogen-bond acceptors (Lipinski definition) is 5. The molecule has 3 rings (SSSR count). The summed E-state index contributed by atoms with van der Waals surface area (Å²) in [5, 5.41) is 12.2. The maximum atomic E-state index is 12.4. The minimum atomic E-state index is -0.241. The third-order valence-corrected chi connectivity index (χ3v) is 4.84. The summed E-state index contributed by atoms with van der Waals surface area (Å²) >= 11 is 18.1. The van der Waals surface area contributed by atoms with E-state index < -0.39 is 0 Å². The number of amides is 1. The second-order valence-electron chi connectivity index (χ2n) is 5.96. The van der Waals surface area contributed by atoms with Crippen molar-refractivity contribution in [3.63, 3.8) is 0 Å². The number of anilines is 1. The van der Waals surface area contributed by atoms with E-state index in [1.807, 2.05) is 11.8 Å². The van der Waals surface area contributed by atoms with Gasteiger partial charge >= 0.3 is 0 Å². The molecule has 1 heterocycles. The van der Waals surface area contributed by atoms with Gasteiger partial charge in [-0.15, -0.1) is 10.2 Å². The fourth-order valence-corrected chi connectivity index (χ4v) is 3.11. The van der Waals surface area contributed by atoms with E-state index in [0.29, 0.717) is 45.6 Å². The van der Waals surface area contributed by atoms with Gasteiger partial charge in [-0.1, -0.05) is 47.8 Å². The van der Waals surface area contributed by atoms with E-state index in [1.165, 1.54) is 0 Å². The molecule has 0 saturated heterocycles. The van der Waals surface area contributed by atoms with E-state index >= 15 is 0 Å². The first-order valence-corrected chi connectivity index (χ1v) is 9.64. The Morgan fingerprint density at radius 1 is 1.07 bits per heavy atom. The summed E-state index contributed by atoms with van der Waals surface area (Å²) in [7, 11) is 0. The molecular weight excluding hydrogens is 423 g/mol. The Balaban J connectivity index is 1.63. The van der Waals surface area contributed by atoms with Crippen LogP contribution in [0.15, 0.2) is 46.9 Å². The van der Waals surface area contributed by atoms with E-state index in [4.69, 9.17) is 39.2 Å². The normalized spacial score (nSPS) is 11.0. The predicted molar refractivity (Wildman–Crippen MR) is 111 cm³/mol. The molecule has 28 heavy (non-hydrogen) atoms. The number of nitrogens with zero attached hydrogens (tertiary/aromatic N) is 3. The highest BCUT2D eigenvalue weighted by atomic mass is 35.5. The monoisotopic (exact) mass is 438 g/mol. The van der Waals surface area contributed by atoms with Crippen LogP contribution in [0.3, 0.4) is 0 Å². The Labute approximate surface area is 177 Å². The zero-order valence-electron chi connectivity index (χ0n) is 15.0. The molecule has 0 unspecified atom stereocenters. The Kier molecular flexibility index (Phi) is 6.91. The first-order valence-electron chi connectivity index (χ1n) is 8.50. The van der Waals surface area contributed by atoms with Crippen LogP contribution in [-0.4, -0.2) is 34.1 Å². The van der Waals surface area contributed by atoms with E-state index in [9.17, 15) is 4.79 Å². The second-order valence-corrected chi connectivity index (χ2v) is 7.21. The molecule has 0 spiro atoms. The minimum Gasteiger partial charge on any atom is -0.419 e. The van der Waals surface area contributed by atoms with Crippen molar-refractivity contribution in [2.75, 3.05) is 18.4 Å². The fourth-order valence-electron chi connectivity index (χ4n) is 2.50. The molecule has 1 amide bonds. The van der Waals surface area contributed by atoms with Gasteiger partial charge in [0.1, 0.15) is 0 Å². The smallest absolute Gasteiger partial charge is 0.247 e. The molecule has 0 aliphatic carbocycles. The van der Waals surface area contributed by atoms with Crippen molar-refractivity contribution in [1.29, 1.82) is 0 Å².